The molecule has 6 heteroatoms. The van der Waals surface area contributed by atoms with Gasteiger partial charge in [-0.15, -0.1) is 0 Å². The summed E-state index contributed by atoms with van der Waals surface area (Å²) in [5, 5.41) is 0. The third-order valence-corrected chi connectivity index (χ3v) is 6.32. The smallest absolute Gasteiger partial charge is 0.243 e. The number of halogens is 1. The second-order valence-electron chi connectivity index (χ2n) is 5.83. The Morgan fingerprint density at radius 1 is 0.958 bits per heavy atom. The highest BCUT2D eigenvalue weighted by Gasteiger charge is 2.28. The maximum atomic E-state index is 13.0. The fraction of sp³-hybridized carbons (Fsp3) is 0.333. The van der Waals surface area contributed by atoms with Crippen LogP contribution < -0.4 is 4.90 Å². The summed E-state index contributed by atoms with van der Waals surface area (Å²) in [7, 11) is -3.56. The van der Waals surface area contributed by atoms with Crippen LogP contribution in [0.5, 0.6) is 0 Å². The van der Waals surface area contributed by atoms with Gasteiger partial charge in [0.25, 0.3) is 0 Å². The Hall–Kier alpha value is -1.92. The number of benzene rings is 2. The zero-order valence-corrected chi connectivity index (χ0v) is 14.5. The van der Waals surface area contributed by atoms with Gasteiger partial charge in [-0.2, -0.15) is 4.31 Å². The van der Waals surface area contributed by atoms with Crippen molar-refractivity contribution < 1.29 is 12.8 Å². The van der Waals surface area contributed by atoms with Crippen LogP contribution in [-0.2, 0) is 16.4 Å². The Morgan fingerprint density at radius 2 is 1.58 bits per heavy atom. The summed E-state index contributed by atoms with van der Waals surface area (Å²) in [4.78, 5) is 2.38. The minimum absolute atomic E-state index is 0.145. The molecule has 0 unspecified atom stereocenters. The Bertz CT molecular complexity index is 798. The summed E-state index contributed by atoms with van der Waals surface area (Å²) >= 11 is 0. The van der Waals surface area contributed by atoms with E-state index in [1.54, 1.807) is 0 Å². The lowest BCUT2D eigenvalue weighted by Gasteiger charge is -2.36. The third kappa shape index (κ3) is 3.30. The molecule has 1 aliphatic rings. The number of aryl methyl sites for hydroxylation is 1. The number of rotatable bonds is 4. The molecular formula is C18H21FN2O2S. The standard InChI is InChI=1S/C18H21FN2O2S/c1-2-15-5-3-4-6-18(15)20-11-13-21(14-12-20)24(22,23)17-9-7-16(19)8-10-17/h3-10H,2,11-14H2,1H3. The fourth-order valence-electron chi connectivity index (χ4n) is 3.04. The van der Waals surface area contributed by atoms with Crippen LogP contribution in [0.4, 0.5) is 10.1 Å². The molecule has 1 heterocycles. The molecule has 1 fully saturated rings. The molecular weight excluding hydrogens is 327 g/mol. The predicted octanol–water partition coefficient (Wildman–Crippen LogP) is 2.90. The van der Waals surface area contributed by atoms with Crippen LogP contribution in [0.2, 0.25) is 0 Å². The van der Waals surface area contributed by atoms with Gasteiger partial charge in [-0.1, -0.05) is 25.1 Å². The summed E-state index contributed by atoms with van der Waals surface area (Å²) in [6.07, 6.45) is 0.949. The fourth-order valence-corrected chi connectivity index (χ4v) is 4.47. The molecule has 1 saturated heterocycles. The molecule has 0 amide bonds. The molecule has 0 atom stereocenters. The molecule has 0 bridgehead atoms. The average molecular weight is 348 g/mol. The molecule has 0 saturated carbocycles. The van der Waals surface area contributed by atoms with Crippen molar-refractivity contribution in [2.75, 3.05) is 31.1 Å². The van der Waals surface area contributed by atoms with Gasteiger partial charge in [-0.3, -0.25) is 0 Å². The number of nitrogens with zero attached hydrogens (tertiary/aromatic N) is 2. The molecule has 0 aliphatic carbocycles. The van der Waals surface area contributed by atoms with Gasteiger partial charge in [-0.25, -0.2) is 12.8 Å². The first-order chi connectivity index (χ1) is 11.5. The van der Waals surface area contributed by atoms with Crippen molar-refractivity contribution in [2.45, 2.75) is 18.2 Å². The van der Waals surface area contributed by atoms with Crippen molar-refractivity contribution >= 4 is 15.7 Å². The van der Waals surface area contributed by atoms with Gasteiger partial charge in [0.1, 0.15) is 5.82 Å². The van der Waals surface area contributed by atoms with Crippen LogP contribution in [-0.4, -0.2) is 38.9 Å². The van der Waals surface area contributed by atoms with Crippen molar-refractivity contribution in [3.63, 3.8) is 0 Å². The van der Waals surface area contributed by atoms with Gasteiger partial charge in [-0.05, 0) is 42.3 Å². The van der Waals surface area contributed by atoms with Crippen LogP contribution in [0.3, 0.4) is 0 Å². The molecule has 2 aromatic carbocycles. The number of hydrogen-bond donors (Lipinski definition) is 0. The molecule has 128 valence electrons. The largest absolute Gasteiger partial charge is 0.369 e. The van der Waals surface area contributed by atoms with Crippen molar-refractivity contribution in [3.8, 4) is 0 Å². The molecule has 0 spiro atoms. The minimum atomic E-state index is -3.56. The predicted molar refractivity (Wildman–Crippen MR) is 93.2 cm³/mol. The molecule has 24 heavy (non-hydrogen) atoms. The van der Waals surface area contributed by atoms with Crippen LogP contribution in [0.15, 0.2) is 53.4 Å². The normalized spacial score (nSPS) is 16.3. The highest BCUT2D eigenvalue weighted by atomic mass is 32.2. The van der Waals surface area contributed by atoms with Gasteiger partial charge < -0.3 is 4.90 Å². The first-order valence-electron chi connectivity index (χ1n) is 8.11. The molecule has 3 rings (SSSR count). The first-order valence-corrected chi connectivity index (χ1v) is 9.55. The summed E-state index contributed by atoms with van der Waals surface area (Å²) in [5.41, 5.74) is 2.45. The molecule has 2 aromatic rings. The number of sulfonamides is 1. The van der Waals surface area contributed by atoms with Gasteiger partial charge in [0, 0.05) is 31.9 Å². The van der Waals surface area contributed by atoms with E-state index in [9.17, 15) is 12.8 Å². The van der Waals surface area contributed by atoms with Crippen LogP contribution in [0.1, 0.15) is 12.5 Å². The molecule has 4 nitrogen and oxygen atoms in total. The summed E-state index contributed by atoms with van der Waals surface area (Å²) in [6.45, 7) is 4.28. The highest BCUT2D eigenvalue weighted by molar-refractivity contribution is 7.89. The third-order valence-electron chi connectivity index (χ3n) is 4.40. The lowest BCUT2D eigenvalue weighted by Crippen LogP contribution is -2.48. The van der Waals surface area contributed by atoms with Crippen LogP contribution >= 0.6 is 0 Å². The second kappa shape index (κ2) is 6.91. The molecule has 0 N–H and O–H groups in total. The number of hydrogen-bond acceptors (Lipinski definition) is 3. The lowest BCUT2D eigenvalue weighted by atomic mass is 10.1. The van der Waals surface area contributed by atoms with Crippen molar-refractivity contribution in [2.24, 2.45) is 0 Å². The zero-order valence-electron chi connectivity index (χ0n) is 13.7. The van der Waals surface area contributed by atoms with Crippen molar-refractivity contribution in [3.05, 3.63) is 59.9 Å². The Kier molecular flexibility index (Phi) is 4.87. The minimum Gasteiger partial charge on any atom is -0.369 e. The SMILES string of the molecule is CCc1ccccc1N1CCN(S(=O)(=O)c2ccc(F)cc2)CC1. The van der Waals surface area contributed by atoms with Gasteiger partial charge in [0.05, 0.1) is 4.90 Å². The Labute approximate surface area is 142 Å². The maximum absolute atomic E-state index is 13.0. The summed E-state index contributed by atoms with van der Waals surface area (Å²) < 4.78 is 39.8. The Morgan fingerprint density at radius 3 is 2.21 bits per heavy atom. The summed E-state index contributed by atoms with van der Waals surface area (Å²) in [6, 6.07) is 13.2. The Balaban J connectivity index is 1.74. The van der Waals surface area contributed by atoms with Gasteiger partial charge in [0.2, 0.25) is 10.0 Å². The highest BCUT2D eigenvalue weighted by Crippen LogP contribution is 2.24. The number of para-hydroxylation sites is 1. The zero-order chi connectivity index (χ0) is 17.2. The number of piperazine rings is 1. The first kappa shape index (κ1) is 16.9. The summed E-state index contributed by atoms with van der Waals surface area (Å²) in [5.74, 6) is -0.435. The van der Waals surface area contributed by atoms with E-state index < -0.39 is 15.8 Å². The van der Waals surface area contributed by atoms with Crippen molar-refractivity contribution in [1.29, 1.82) is 0 Å². The van der Waals surface area contributed by atoms with E-state index in [1.165, 1.54) is 39.8 Å². The second-order valence-corrected chi connectivity index (χ2v) is 7.77. The molecule has 0 radical (unpaired) electrons. The van der Waals surface area contributed by atoms with E-state index in [2.05, 4.69) is 24.0 Å². The van der Waals surface area contributed by atoms with E-state index in [0.717, 1.165) is 6.42 Å². The average Bonchev–Trinajstić information content (AvgIpc) is 2.62. The van der Waals surface area contributed by atoms with E-state index in [1.807, 2.05) is 12.1 Å². The van der Waals surface area contributed by atoms with E-state index in [4.69, 9.17) is 0 Å². The molecule has 0 aromatic heterocycles. The maximum Gasteiger partial charge on any atom is 0.243 e. The number of anilines is 1. The van der Waals surface area contributed by atoms with Gasteiger partial charge >= 0.3 is 0 Å². The van der Waals surface area contributed by atoms with Crippen LogP contribution in [0, 0.1) is 5.82 Å². The monoisotopic (exact) mass is 348 g/mol. The van der Waals surface area contributed by atoms with Crippen molar-refractivity contribution in [1.82, 2.24) is 4.31 Å². The lowest BCUT2D eigenvalue weighted by molar-refractivity contribution is 0.384. The molecule has 1 aliphatic heterocycles. The van der Waals surface area contributed by atoms with Crippen LogP contribution in [0.25, 0.3) is 0 Å². The van der Waals surface area contributed by atoms with E-state index >= 15 is 0 Å². The topological polar surface area (TPSA) is 40.6 Å². The van der Waals surface area contributed by atoms with E-state index in [0.29, 0.717) is 26.2 Å². The quantitative estimate of drug-likeness (QED) is 0.853. The van der Waals surface area contributed by atoms with Gasteiger partial charge in [0.15, 0.2) is 0 Å². The van der Waals surface area contributed by atoms with E-state index in [-0.39, 0.29) is 4.90 Å².